The Morgan fingerprint density at radius 2 is 1.52 bits per heavy atom. The molecule has 4 aromatic rings. The number of hydrogen-bond donors (Lipinski definition) is 2. The van der Waals surface area contributed by atoms with Crippen LogP contribution in [-0.2, 0) is 32.4 Å². The smallest absolute Gasteiger partial charge is 0.259 e. The van der Waals surface area contributed by atoms with Gasteiger partial charge in [-0.3, -0.25) is 14.9 Å². The lowest BCUT2D eigenvalue weighted by Crippen LogP contribution is -2.48. The molecule has 0 bridgehead atoms. The van der Waals surface area contributed by atoms with E-state index in [1.165, 1.54) is 16.6 Å². The van der Waals surface area contributed by atoms with Crippen molar-refractivity contribution in [1.82, 2.24) is 14.9 Å². The van der Waals surface area contributed by atoms with Crippen LogP contribution in [0, 0.1) is 0 Å². The molecular weight excluding hydrogens is 563 g/mol. The molecule has 232 valence electrons. The maximum atomic E-state index is 13.4. The number of amides is 2. The van der Waals surface area contributed by atoms with Crippen LogP contribution in [0.3, 0.4) is 0 Å². The summed E-state index contributed by atoms with van der Waals surface area (Å²) in [7, 11) is -1.91. The summed E-state index contributed by atoms with van der Waals surface area (Å²) < 4.78 is 9.08. The van der Waals surface area contributed by atoms with Gasteiger partial charge in [0, 0.05) is 53.0 Å². The van der Waals surface area contributed by atoms with E-state index in [2.05, 4.69) is 107 Å². The molecule has 2 aromatic heterocycles. The summed E-state index contributed by atoms with van der Waals surface area (Å²) in [6, 6.07) is 12.6. The van der Waals surface area contributed by atoms with Crippen LogP contribution in [-0.4, -0.2) is 36.3 Å². The first-order valence-electron chi connectivity index (χ1n) is 16.3. The lowest BCUT2D eigenvalue weighted by molar-refractivity contribution is -0.122. The SMILES string of the molecule is CC(C)[Si](OCCCc1cccc2c(C3=C(c4cn5c6c(cccc46)C(C)(C)CC5)C(=O)NC3=O)c[nH]c12)(C(C)C)C(C)C. The van der Waals surface area contributed by atoms with Crippen molar-refractivity contribution in [2.45, 2.75) is 103 Å². The average Bonchev–Trinajstić information content (AvgIpc) is 3.63. The minimum atomic E-state index is -1.91. The molecule has 7 heteroatoms. The number of H-pyrrole nitrogens is 1. The van der Waals surface area contributed by atoms with Crippen molar-refractivity contribution in [2.75, 3.05) is 6.61 Å². The number of aryl methyl sites for hydroxylation is 2. The molecule has 0 atom stereocenters. The molecule has 0 fully saturated rings. The van der Waals surface area contributed by atoms with E-state index in [9.17, 15) is 9.59 Å². The molecule has 2 aliphatic rings. The summed E-state index contributed by atoms with van der Waals surface area (Å²) in [6.45, 7) is 20.1. The molecule has 0 saturated heterocycles. The maximum Gasteiger partial charge on any atom is 0.259 e. The first-order valence-corrected chi connectivity index (χ1v) is 18.5. The molecule has 2 amide bonds. The van der Waals surface area contributed by atoms with Crippen molar-refractivity contribution < 1.29 is 14.0 Å². The van der Waals surface area contributed by atoms with Crippen molar-refractivity contribution in [1.29, 1.82) is 0 Å². The predicted octanol–water partition coefficient (Wildman–Crippen LogP) is 8.50. The summed E-state index contributed by atoms with van der Waals surface area (Å²) in [4.78, 5) is 30.4. The molecule has 2 aromatic carbocycles. The molecule has 6 rings (SSSR count). The van der Waals surface area contributed by atoms with Crippen LogP contribution >= 0.6 is 0 Å². The first kappa shape index (κ1) is 30.6. The normalized spacial score (nSPS) is 16.9. The number of carbonyl (C=O) groups excluding carboxylic acids is 2. The average molecular weight is 610 g/mol. The number of nitrogens with one attached hydrogen (secondary N) is 2. The molecular formula is C37H47N3O3Si. The zero-order valence-electron chi connectivity index (χ0n) is 27.6. The molecule has 4 heterocycles. The highest BCUT2D eigenvalue weighted by Gasteiger charge is 2.45. The third kappa shape index (κ3) is 4.71. The van der Waals surface area contributed by atoms with Crippen molar-refractivity contribution in [3.8, 4) is 0 Å². The van der Waals surface area contributed by atoms with E-state index in [-0.39, 0.29) is 17.2 Å². The van der Waals surface area contributed by atoms with Crippen molar-refractivity contribution >= 4 is 53.1 Å². The van der Waals surface area contributed by atoms with E-state index in [1.54, 1.807) is 0 Å². The monoisotopic (exact) mass is 609 g/mol. The number of rotatable bonds is 10. The number of para-hydroxylation sites is 2. The molecule has 0 unspecified atom stereocenters. The van der Waals surface area contributed by atoms with Crippen LogP contribution in [0.25, 0.3) is 33.0 Å². The van der Waals surface area contributed by atoms with E-state index < -0.39 is 8.32 Å². The second-order valence-corrected chi connectivity index (χ2v) is 19.9. The maximum absolute atomic E-state index is 13.4. The van der Waals surface area contributed by atoms with Gasteiger partial charge in [0.25, 0.3) is 11.8 Å². The van der Waals surface area contributed by atoms with Crippen LogP contribution in [0.1, 0.15) is 90.5 Å². The number of nitrogens with zero attached hydrogens (tertiary/aromatic N) is 1. The van der Waals surface area contributed by atoms with Gasteiger partial charge in [0.05, 0.1) is 16.7 Å². The molecule has 0 aliphatic carbocycles. The van der Waals surface area contributed by atoms with E-state index in [0.717, 1.165) is 59.8 Å². The van der Waals surface area contributed by atoms with E-state index in [0.29, 0.717) is 27.8 Å². The van der Waals surface area contributed by atoms with Gasteiger partial charge in [-0.25, -0.2) is 0 Å². The van der Waals surface area contributed by atoms with E-state index >= 15 is 0 Å². The topological polar surface area (TPSA) is 76.1 Å². The zero-order valence-corrected chi connectivity index (χ0v) is 28.6. The van der Waals surface area contributed by atoms with E-state index in [4.69, 9.17) is 4.43 Å². The Morgan fingerprint density at radius 1 is 0.886 bits per heavy atom. The quantitative estimate of drug-likeness (QED) is 0.108. The van der Waals surface area contributed by atoms with E-state index in [1.807, 2.05) is 12.3 Å². The fourth-order valence-electron chi connectivity index (χ4n) is 8.43. The zero-order chi connectivity index (χ0) is 31.6. The number of hydrogen-bond acceptors (Lipinski definition) is 3. The van der Waals surface area contributed by atoms with Crippen LogP contribution in [0.5, 0.6) is 0 Å². The molecule has 2 aliphatic heterocycles. The van der Waals surface area contributed by atoms with Crippen LogP contribution in [0.2, 0.25) is 16.6 Å². The lowest BCUT2D eigenvalue weighted by atomic mass is 9.78. The number of carbonyl (C=O) groups is 2. The highest BCUT2D eigenvalue weighted by molar-refractivity contribution is 6.77. The molecule has 2 N–H and O–H groups in total. The summed E-state index contributed by atoms with van der Waals surface area (Å²) in [5.74, 6) is -0.668. The molecule has 44 heavy (non-hydrogen) atoms. The second-order valence-electron chi connectivity index (χ2n) is 14.4. The Balaban J connectivity index is 1.35. The Labute approximate surface area is 262 Å². The molecule has 0 spiro atoms. The van der Waals surface area contributed by atoms with Gasteiger partial charge >= 0.3 is 0 Å². The van der Waals surface area contributed by atoms with Gasteiger partial charge in [0.2, 0.25) is 0 Å². The highest BCUT2D eigenvalue weighted by atomic mass is 28.4. The fraction of sp³-hybridized carbons (Fsp3) is 0.459. The fourth-order valence-corrected chi connectivity index (χ4v) is 13.9. The first-order chi connectivity index (χ1) is 20.9. The van der Waals surface area contributed by atoms with Gasteiger partial charge in [-0.05, 0) is 52.4 Å². The minimum Gasteiger partial charge on any atom is -0.416 e. The Hall–Kier alpha value is -3.42. The third-order valence-corrected chi connectivity index (χ3v) is 16.6. The van der Waals surface area contributed by atoms with Gasteiger partial charge in [-0.2, -0.15) is 0 Å². The highest BCUT2D eigenvalue weighted by Crippen LogP contribution is 2.44. The van der Waals surface area contributed by atoms with Gasteiger partial charge in [0.15, 0.2) is 8.32 Å². The summed E-state index contributed by atoms with van der Waals surface area (Å²) in [5.41, 5.74) is 8.92. The molecule has 6 nitrogen and oxygen atoms in total. The standard InChI is InChI=1S/C37H47N3O3Si/c1-22(2)44(23(3)4,24(5)6)43-19-11-13-25-12-9-14-26-28(20-38-33(25)26)31-32(36(42)39-35(31)41)29-21-40-18-17-37(7,8)30-16-10-15-27(29)34(30)40/h9-10,12,14-16,20-24,38H,11,13,17-19H2,1-8H3,(H,39,41,42). The van der Waals surface area contributed by atoms with Gasteiger partial charge in [0.1, 0.15) is 0 Å². The van der Waals surface area contributed by atoms with Crippen LogP contribution in [0.15, 0.2) is 48.8 Å². The van der Waals surface area contributed by atoms with Crippen molar-refractivity contribution in [3.05, 3.63) is 71.0 Å². The number of aromatic nitrogens is 2. The summed E-state index contributed by atoms with van der Waals surface area (Å²) in [5, 5.41) is 4.61. The van der Waals surface area contributed by atoms with Gasteiger partial charge in [-0.15, -0.1) is 0 Å². The summed E-state index contributed by atoms with van der Waals surface area (Å²) >= 11 is 0. The number of imide groups is 1. The Kier molecular flexibility index (Phi) is 7.78. The van der Waals surface area contributed by atoms with Crippen molar-refractivity contribution in [3.63, 3.8) is 0 Å². The summed E-state index contributed by atoms with van der Waals surface area (Å²) in [6.07, 6.45) is 6.80. The van der Waals surface area contributed by atoms with Gasteiger partial charge < -0.3 is 14.0 Å². The second kappa shape index (κ2) is 11.2. The van der Waals surface area contributed by atoms with Crippen LogP contribution in [0.4, 0.5) is 0 Å². The minimum absolute atomic E-state index is 0.0520. The molecule has 0 saturated carbocycles. The lowest BCUT2D eigenvalue weighted by Gasteiger charge is -2.42. The third-order valence-electron chi connectivity index (χ3n) is 10.5. The predicted molar refractivity (Wildman–Crippen MR) is 183 cm³/mol. The van der Waals surface area contributed by atoms with Crippen molar-refractivity contribution in [2.24, 2.45) is 0 Å². The van der Waals surface area contributed by atoms with Gasteiger partial charge in [-0.1, -0.05) is 91.8 Å². The molecule has 0 radical (unpaired) electrons. The Morgan fingerprint density at radius 3 is 2.20 bits per heavy atom. The van der Waals surface area contributed by atoms with Crippen LogP contribution < -0.4 is 5.32 Å². The largest absolute Gasteiger partial charge is 0.416 e. The Bertz CT molecular complexity index is 1780. The number of benzene rings is 2. The number of fused-ring (bicyclic) bond motifs is 1. The number of aromatic amines is 1.